The predicted molar refractivity (Wildman–Crippen MR) is 84.6 cm³/mol. The number of hydrogen-bond donors (Lipinski definition) is 1. The minimum Gasteiger partial charge on any atom is -0.408 e. The predicted octanol–water partition coefficient (Wildman–Crippen LogP) is 0.521. The van der Waals surface area contributed by atoms with Crippen molar-refractivity contribution in [1.82, 2.24) is 8.87 Å². The van der Waals surface area contributed by atoms with Crippen molar-refractivity contribution < 1.29 is 12.8 Å². The molecule has 1 aliphatic heterocycles. The summed E-state index contributed by atoms with van der Waals surface area (Å²) in [7, 11) is -2.04. The number of nitrogens with two attached hydrogens (primary N) is 1. The average Bonchev–Trinajstić information content (AvgIpc) is 2.91. The molecule has 0 spiro atoms. The smallest absolute Gasteiger partial charge is 0.408 e. The van der Waals surface area contributed by atoms with Gasteiger partial charge in [0.15, 0.2) is 5.58 Å². The first kappa shape index (κ1) is 17.0. The number of hydrogen-bond acceptors (Lipinski definition) is 5. The van der Waals surface area contributed by atoms with Gasteiger partial charge in [0.25, 0.3) is 0 Å². The standard InChI is InChI=1S/C13H17N3O4S.ClH/c1-8-6-16(7-10(8)14)21(18,19)9-3-4-11-12(5-9)20-13(17)15(11)2;/h3-5,8,10H,6-7,14H2,1-2H3;1H. The number of nitrogens with zero attached hydrogens (tertiary/aromatic N) is 2. The van der Waals surface area contributed by atoms with Gasteiger partial charge in [-0.2, -0.15) is 4.31 Å². The van der Waals surface area contributed by atoms with E-state index in [2.05, 4.69) is 0 Å². The summed E-state index contributed by atoms with van der Waals surface area (Å²) < 4.78 is 33.0. The maximum absolute atomic E-state index is 12.6. The van der Waals surface area contributed by atoms with E-state index in [1.807, 2.05) is 6.92 Å². The second kappa shape index (κ2) is 5.69. The lowest BCUT2D eigenvalue weighted by atomic mass is 10.1. The molecular formula is C13H18ClN3O4S. The number of fused-ring (bicyclic) bond motifs is 1. The average molecular weight is 348 g/mol. The molecule has 2 heterocycles. The summed E-state index contributed by atoms with van der Waals surface area (Å²) in [6.07, 6.45) is 0. The van der Waals surface area contributed by atoms with E-state index >= 15 is 0 Å². The number of sulfonamides is 1. The van der Waals surface area contributed by atoms with Crippen LogP contribution in [0, 0.1) is 5.92 Å². The van der Waals surface area contributed by atoms with Gasteiger partial charge in [-0.1, -0.05) is 6.92 Å². The van der Waals surface area contributed by atoms with Crippen molar-refractivity contribution in [1.29, 1.82) is 0 Å². The largest absolute Gasteiger partial charge is 0.419 e. The van der Waals surface area contributed by atoms with Gasteiger partial charge in [0.2, 0.25) is 10.0 Å². The Morgan fingerprint density at radius 1 is 1.32 bits per heavy atom. The molecule has 3 rings (SSSR count). The van der Waals surface area contributed by atoms with Crippen LogP contribution in [0.5, 0.6) is 0 Å². The molecule has 2 atom stereocenters. The molecule has 122 valence electrons. The highest BCUT2D eigenvalue weighted by Gasteiger charge is 2.35. The highest BCUT2D eigenvalue weighted by Crippen LogP contribution is 2.25. The van der Waals surface area contributed by atoms with Crippen LogP contribution in [-0.4, -0.2) is 36.4 Å². The molecule has 1 aromatic heterocycles. The molecule has 7 nitrogen and oxygen atoms in total. The fraction of sp³-hybridized carbons (Fsp3) is 0.462. The van der Waals surface area contributed by atoms with Gasteiger partial charge in [0.1, 0.15) is 0 Å². The molecule has 22 heavy (non-hydrogen) atoms. The summed E-state index contributed by atoms with van der Waals surface area (Å²) in [5.41, 5.74) is 6.71. The number of aromatic nitrogens is 1. The monoisotopic (exact) mass is 347 g/mol. The Kier molecular flexibility index (Phi) is 4.40. The molecule has 1 fully saturated rings. The molecule has 2 N–H and O–H groups in total. The van der Waals surface area contributed by atoms with Crippen molar-refractivity contribution in [3.05, 3.63) is 28.7 Å². The summed E-state index contributed by atoms with van der Waals surface area (Å²) in [4.78, 5) is 11.6. The molecule has 1 aromatic carbocycles. The third-order valence-electron chi connectivity index (χ3n) is 4.04. The van der Waals surface area contributed by atoms with E-state index in [4.69, 9.17) is 10.2 Å². The highest BCUT2D eigenvalue weighted by atomic mass is 35.5. The zero-order valence-electron chi connectivity index (χ0n) is 12.2. The molecule has 0 radical (unpaired) electrons. The molecular weight excluding hydrogens is 330 g/mol. The van der Waals surface area contributed by atoms with E-state index in [0.29, 0.717) is 18.6 Å². The second-order valence-corrected chi connectivity index (χ2v) is 7.46. The van der Waals surface area contributed by atoms with E-state index in [9.17, 15) is 13.2 Å². The van der Waals surface area contributed by atoms with Crippen LogP contribution in [0.2, 0.25) is 0 Å². The number of aryl methyl sites for hydroxylation is 1. The van der Waals surface area contributed by atoms with E-state index < -0.39 is 15.8 Å². The van der Waals surface area contributed by atoms with Crippen LogP contribution >= 0.6 is 12.4 Å². The highest BCUT2D eigenvalue weighted by molar-refractivity contribution is 7.89. The van der Waals surface area contributed by atoms with Crippen molar-refractivity contribution in [3.8, 4) is 0 Å². The summed E-state index contributed by atoms with van der Waals surface area (Å²) >= 11 is 0. The molecule has 1 aliphatic rings. The molecule has 0 bridgehead atoms. The van der Waals surface area contributed by atoms with Gasteiger partial charge in [0, 0.05) is 32.2 Å². The van der Waals surface area contributed by atoms with Crippen LogP contribution in [0.25, 0.3) is 11.1 Å². The number of rotatable bonds is 2. The van der Waals surface area contributed by atoms with Crippen LogP contribution in [0.15, 0.2) is 32.3 Å². The lowest BCUT2D eigenvalue weighted by molar-refractivity contribution is 0.464. The number of benzene rings is 1. The molecule has 1 saturated heterocycles. The normalized spacial score (nSPS) is 22.9. The van der Waals surface area contributed by atoms with Gasteiger partial charge in [-0.3, -0.25) is 4.57 Å². The zero-order chi connectivity index (χ0) is 15.4. The van der Waals surface area contributed by atoms with Crippen molar-refractivity contribution in [2.75, 3.05) is 13.1 Å². The first-order valence-corrected chi connectivity index (χ1v) is 8.10. The van der Waals surface area contributed by atoms with E-state index in [0.717, 1.165) is 0 Å². The van der Waals surface area contributed by atoms with Crippen molar-refractivity contribution in [3.63, 3.8) is 0 Å². The maximum atomic E-state index is 12.6. The van der Waals surface area contributed by atoms with E-state index in [-0.39, 0.29) is 34.8 Å². The van der Waals surface area contributed by atoms with E-state index in [1.165, 1.54) is 21.0 Å². The third-order valence-corrected chi connectivity index (χ3v) is 5.87. The van der Waals surface area contributed by atoms with Crippen LogP contribution in [-0.2, 0) is 17.1 Å². The molecule has 9 heteroatoms. The zero-order valence-corrected chi connectivity index (χ0v) is 13.9. The van der Waals surface area contributed by atoms with Gasteiger partial charge in [0.05, 0.1) is 10.4 Å². The third kappa shape index (κ3) is 2.56. The Bertz CT molecular complexity index is 848. The van der Waals surface area contributed by atoms with E-state index in [1.54, 1.807) is 13.1 Å². The molecule has 0 amide bonds. The first-order chi connectivity index (χ1) is 9.80. The SMILES string of the molecule is CC1CN(S(=O)(=O)c2ccc3c(c2)oc(=O)n3C)CC1N.Cl. The van der Waals surface area contributed by atoms with Crippen LogP contribution in [0.1, 0.15) is 6.92 Å². The van der Waals surface area contributed by atoms with Gasteiger partial charge < -0.3 is 10.2 Å². The lowest BCUT2D eigenvalue weighted by Crippen LogP contribution is -2.32. The fourth-order valence-corrected chi connectivity index (χ4v) is 4.16. The second-order valence-electron chi connectivity index (χ2n) is 5.52. The summed E-state index contributed by atoms with van der Waals surface area (Å²) in [6.45, 7) is 2.64. The van der Waals surface area contributed by atoms with Gasteiger partial charge >= 0.3 is 5.76 Å². The Hall–Kier alpha value is -1.35. The number of oxazole rings is 1. The Morgan fingerprint density at radius 3 is 2.59 bits per heavy atom. The van der Waals surface area contributed by atoms with Crippen molar-refractivity contribution in [2.24, 2.45) is 18.7 Å². The van der Waals surface area contributed by atoms with Crippen LogP contribution in [0.3, 0.4) is 0 Å². The first-order valence-electron chi connectivity index (χ1n) is 6.66. The van der Waals surface area contributed by atoms with Crippen molar-refractivity contribution >= 4 is 33.5 Å². The molecule has 0 aliphatic carbocycles. The number of halogens is 1. The topological polar surface area (TPSA) is 98.5 Å². The molecule has 2 unspecified atom stereocenters. The minimum atomic E-state index is -3.62. The fourth-order valence-electron chi connectivity index (χ4n) is 2.57. The Morgan fingerprint density at radius 2 is 2.00 bits per heavy atom. The molecule has 0 saturated carbocycles. The maximum Gasteiger partial charge on any atom is 0.419 e. The van der Waals surface area contributed by atoms with Crippen LogP contribution in [0.4, 0.5) is 0 Å². The lowest BCUT2D eigenvalue weighted by Gasteiger charge is -2.15. The minimum absolute atomic E-state index is 0. The van der Waals surface area contributed by atoms with Gasteiger partial charge in [-0.15, -0.1) is 12.4 Å². The van der Waals surface area contributed by atoms with Gasteiger partial charge in [-0.25, -0.2) is 13.2 Å². The summed E-state index contributed by atoms with van der Waals surface area (Å²) in [5.74, 6) is -0.394. The molecule has 2 aromatic rings. The van der Waals surface area contributed by atoms with Crippen LogP contribution < -0.4 is 11.5 Å². The quantitative estimate of drug-likeness (QED) is 0.854. The Labute approximate surface area is 134 Å². The van der Waals surface area contributed by atoms with Gasteiger partial charge in [-0.05, 0) is 18.1 Å². The summed E-state index contributed by atoms with van der Waals surface area (Å²) in [5, 5.41) is 0. The summed E-state index contributed by atoms with van der Waals surface area (Å²) in [6, 6.07) is 4.30. The Balaban J connectivity index is 0.00000176. The van der Waals surface area contributed by atoms with Crippen molar-refractivity contribution in [2.45, 2.75) is 17.9 Å².